The largest absolute Gasteiger partial charge is 0.496 e. The third-order valence-corrected chi connectivity index (χ3v) is 3.79. The van der Waals surface area contributed by atoms with Crippen molar-refractivity contribution in [3.8, 4) is 23.1 Å². The molecule has 0 aliphatic rings. The van der Waals surface area contributed by atoms with Gasteiger partial charge in [-0.3, -0.25) is 0 Å². The van der Waals surface area contributed by atoms with Gasteiger partial charge in [-0.2, -0.15) is 5.26 Å². The summed E-state index contributed by atoms with van der Waals surface area (Å²) in [5.41, 5.74) is 2.61. The van der Waals surface area contributed by atoms with Crippen LogP contribution < -0.4 is 4.74 Å². The van der Waals surface area contributed by atoms with Gasteiger partial charge in [-0.1, -0.05) is 11.6 Å². The molecule has 0 unspecified atom stereocenters. The Labute approximate surface area is 115 Å². The van der Waals surface area contributed by atoms with Crippen LogP contribution in [0.2, 0.25) is 5.02 Å². The van der Waals surface area contributed by atoms with Gasteiger partial charge in [0.05, 0.1) is 25.3 Å². The molecule has 0 saturated heterocycles. The highest BCUT2D eigenvalue weighted by atomic mass is 35.5. The lowest BCUT2D eigenvalue weighted by atomic mass is 10.1. The number of benzene rings is 1. The Kier molecular flexibility index (Phi) is 3.85. The average Bonchev–Trinajstić information content (AvgIpc) is 2.81. The molecule has 1 aromatic carbocycles. The standard InChI is InChI=1S/C13H11ClN2OS/c1-8-5-12(17-2)9(6-10(8)14)11-7-18-13(16-11)3-4-15/h5-7H,3H2,1-2H3. The average molecular weight is 279 g/mol. The number of ether oxygens (including phenoxy) is 1. The first-order valence-corrected chi connectivity index (χ1v) is 6.57. The Hall–Kier alpha value is -1.57. The smallest absolute Gasteiger partial charge is 0.128 e. The molecule has 0 atom stereocenters. The van der Waals surface area contributed by atoms with Crippen LogP contribution in [0.3, 0.4) is 0 Å². The maximum Gasteiger partial charge on any atom is 0.128 e. The first-order chi connectivity index (χ1) is 8.65. The molecule has 0 amide bonds. The predicted octanol–water partition coefficient (Wildman–Crippen LogP) is 3.85. The Morgan fingerprint density at radius 3 is 2.94 bits per heavy atom. The Morgan fingerprint density at radius 1 is 1.50 bits per heavy atom. The van der Waals surface area contributed by atoms with E-state index in [1.807, 2.05) is 24.4 Å². The molecule has 0 aliphatic heterocycles. The number of halogens is 1. The lowest BCUT2D eigenvalue weighted by Gasteiger charge is -2.08. The molecule has 0 spiro atoms. The fraction of sp³-hybridized carbons (Fsp3) is 0.231. The second kappa shape index (κ2) is 5.38. The molecule has 92 valence electrons. The van der Waals surface area contributed by atoms with Gasteiger partial charge in [0, 0.05) is 16.0 Å². The lowest BCUT2D eigenvalue weighted by molar-refractivity contribution is 0.416. The molecule has 0 saturated carbocycles. The minimum absolute atomic E-state index is 0.326. The van der Waals surface area contributed by atoms with Crippen molar-refractivity contribution < 1.29 is 4.74 Å². The quantitative estimate of drug-likeness (QED) is 0.857. The first kappa shape index (κ1) is 12.9. The van der Waals surface area contributed by atoms with E-state index in [2.05, 4.69) is 11.1 Å². The Balaban J connectivity index is 2.49. The molecule has 2 aromatic rings. The minimum Gasteiger partial charge on any atom is -0.496 e. The fourth-order valence-corrected chi connectivity index (χ4v) is 2.50. The highest BCUT2D eigenvalue weighted by molar-refractivity contribution is 7.10. The molecule has 18 heavy (non-hydrogen) atoms. The van der Waals surface area contributed by atoms with Crippen LogP contribution in [0.5, 0.6) is 5.75 Å². The second-order valence-electron chi connectivity index (χ2n) is 3.76. The van der Waals surface area contributed by atoms with Crippen molar-refractivity contribution in [2.24, 2.45) is 0 Å². The van der Waals surface area contributed by atoms with Crippen LogP contribution in [0, 0.1) is 18.3 Å². The lowest BCUT2D eigenvalue weighted by Crippen LogP contribution is -1.90. The van der Waals surface area contributed by atoms with E-state index < -0.39 is 0 Å². The van der Waals surface area contributed by atoms with E-state index in [-0.39, 0.29) is 0 Å². The van der Waals surface area contributed by atoms with Crippen molar-refractivity contribution in [3.63, 3.8) is 0 Å². The molecule has 0 aliphatic carbocycles. The van der Waals surface area contributed by atoms with Gasteiger partial charge in [-0.15, -0.1) is 11.3 Å². The van der Waals surface area contributed by atoms with E-state index in [1.165, 1.54) is 11.3 Å². The van der Waals surface area contributed by atoms with Gasteiger partial charge in [0.15, 0.2) is 0 Å². The number of hydrogen-bond donors (Lipinski definition) is 0. The number of rotatable bonds is 3. The van der Waals surface area contributed by atoms with Crippen molar-refractivity contribution in [1.29, 1.82) is 5.26 Å². The number of methoxy groups -OCH3 is 1. The summed E-state index contributed by atoms with van der Waals surface area (Å²) in [6.07, 6.45) is 0.326. The van der Waals surface area contributed by atoms with E-state index in [9.17, 15) is 0 Å². The number of aromatic nitrogens is 1. The molecule has 1 aromatic heterocycles. The fourth-order valence-electron chi connectivity index (χ4n) is 1.61. The van der Waals surface area contributed by atoms with E-state index in [0.717, 1.165) is 27.6 Å². The van der Waals surface area contributed by atoms with Crippen molar-refractivity contribution in [1.82, 2.24) is 4.98 Å². The van der Waals surface area contributed by atoms with E-state index >= 15 is 0 Å². The maximum atomic E-state index is 8.65. The normalized spacial score (nSPS) is 10.1. The van der Waals surface area contributed by atoms with Crippen molar-refractivity contribution in [3.05, 3.63) is 33.1 Å². The number of nitrogens with zero attached hydrogens (tertiary/aromatic N) is 2. The van der Waals surface area contributed by atoms with Crippen LogP contribution in [0.1, 0.15) is 10.6 Å². The summed E-state index contributed by atoms with van der Waals surface area (Å²) in [5.74, 6) is 0.741. The van der Waals surface area contributed by atoms with Gasteiger partial charge in [0.1, 0.15) is 10.8 Å². The van der Waals surface area contributed by atoms with Gasteiger partial charge in [-0.25, -0.2) is 4.98 Å². The van der Waals surface area contributed by atoms with Gasteiger partial charge in [0.25, 0.3) is 0 Å². The summed E-state index contributed by atoms with van der Waals surface area (Å²) >= 11 is 7.59. The van der Waals surface area contributed by atoms with E-state index in [4.69, 9.17) is 21.6 Å². The second-order valence-corrected chi connectivity index (χ2v) is 5.11. The number of hydrogen-bond acceptors (Lipinski definition) is 4. The predicted molar refractivity (Wildman–Crippen MR) is 73.2 cm³/mol. The Bertz CT molecular complexity index is 616. The van der Waals surface area contributed by atoms with E-state index in [0.29, 0.717) is 11.4 Å². The topological polar surface area (TPSA) is 45.9 Å². The van der Waals surface area contributed by atoms with Crippen LogP contribution in [0.15, 0.2) is 17.5 Å². The van der Waals surface area contributed by atoms with Crippen molar-refractivity contribution in [2.75, 3.05) is 7.11 Å². The molecular formula is C13H11ClN2OS. The van der Waals surface area contributed by atoms with E-state index in [1.54, 1.807) is 7.11 Å². The summed E-state index contributed by atoms with van der Waals surface area (Å²) in [6.45, 7) is 1.93. The molecule has 5 heteroatoms. The first-order valence-electron chi connectivity index (χ1n) is 5.31. The monoisotopic (exact) mass is 278 g/mol. The molecule has 0 N–H and O–H groups in total. The third kappa shape index (κ3) is 2.47. The number of nitriles is 1. The SMILES string of the molecule is COc1cc(C)c(Cl)cc1-c1csc(CC#N)n1. The zero-order chi connectivity index (χ0) is 13.1. The maximum absolute atomic E-state index is 8.65. The molecular weight excluding hydrogens is 268 g/mol. The zero-order valence-electron chi connectivity index (χ0n) is 10.0. The third-order valence-electron chi connectivity index (χ3n) is 2.54. The van der Waals surface area contributed by atoms with Gasteiger partial charge in [0.2, 0.25) is 0 Å². The van der Waals surface area contributed by atoms with Crippen LogP contribution in [-0.4, -0.2) is 12.1 Å². The number of thiazole rings is 1. The zero-order valence-corrected chi connectivity index (χ0v) is 11.6. The molecule has 0 radical (unpaired) electrons. The molecule has 3 nitrogen and oxygen atoms in total. The summed E-state index contributed by atoms with van der Waals surface area (Å²) in [7, 11) is 1.62. The van der Waals surface area contributed by atoms with Crippen LogP contribution in [-0.2, 0) is 6.42 Å². The van der Waals surface area contributed by atoms with Crippen molar-refractivity contribution >= 4 is 22.9 Å². The molecule has 2 rings (SSSR count). The van der Waals surface area contributed by atoms with Crippen molar-refractivity contribution in [2.45, 2.75) is 13.3 Å². The van der Waals surface area contributed by atoms with Gasteiger partial charge >= 0.3 is 0 Å². The van der Waals surface area contributed by atoms with Crippen LogP contribution >= 0.6 is 22.9 Å². The number of aryl methyl sites for hydroxylation is 1. The molecule has 0 fully saturated rings. The van der Waals surface area contributed by atoms with Gasteiger partial charge in [-0.05, 0) is 24.6 Å². The highest BCUT2D eigenvalue weighted by Crippen LogP contribution is 2.35. The summed E-state index contributed by atoms with van der Waals surface area (Å²) < 4.78 is 5.35. The van der Waals surface area contributed by atoms with Gasteiger partial charge < -0.3 is 4.74 Å². The molecule has 1 heterocycles. The summed E-state index contributed by atoms with van der Waals surface area (Å²) in [6, 6.07) is 5.83. The van der Waals surface area contributed by atoms with Crippen LogP contribution in [0.25, 0.3) is 11.3 Å². The minimum atomic E-state index is 0.326. The summed E-state index contributed by atoms with van der Waals surface area (Å²) in [4.78, 5) is 4.41. The molecule has 0 bridgehead atoms. The highest BCUT2D eigenvalue weighted by Gasteiger charge is 2.12. The Morgan fingerprint density at radius 2 is 2.28 bits per heavy atom. The summed E-state index contributed by atoms with van der Waals surface area (Å²) in [5, 5.41) is 12.0. The van der Waals surface area contributed by atoms with Crippen LogP contribution in [0.4, 0.5) is 0 Å².